The molecule has 0 amide bonds. The van der Waals surface area contributed by atoms with Crippen LogP contribution in [0.25, 0.3) is 0 Å². The topological polar surface area (TPSA) is 3.24 Å². The van der Waals surface area contributed by atoms with Gasteiger partial charge in [0.15, 0.2) is 0 Å². The summed E-state index contributed by atoms with van der Waals surface area (Å²) >= 11 is 3.60. The molecule has 0 bridgehead atoms. The molecule has 1 fully saturated rings. The molecule has 1 rings (SSSR count). The molecular weight excluding hydrogens is 214 g/mol. The summed E-state index contributed by atoms with van der Waals surface area (Å²) in [6.07, 6.45) is 5.40. The molecule has 2 heteroatoms. The lowest BCUT2D eigenvalue weighted by Gasteiger charge is -2.30. The monoisotopic (exact) mass is 233 g/mol. The van der Waals surface area contributed by atoms with Crippen LogP contribution >= 0.6 is 15.9 Å². The van der Waals surface area contributed by atoms with Gasteiger partial charge in [-0.1, -0.05) is 29.8 Å². The Kier molecular flexibility index (Phi) is 4.59. The molecule has 1 nitrogen and oxygen atoms in total. The van der Waals surface area contributed by atoms with Crippen LogP contribution in [0.4, 0.5) is 0 Å². The van der Waals surface area contributed by atoms with E-state index >= 15 is 0 Å². The van der Waals surface area contributed by atoms with Crippen molar-refractivity contribution in [1.82, 2.24) is 4.90 Å². The maximum absolute atomic E-state index is 3.60. The predicted octanol–water partition coefficient (Wildman–Crippen LogP) is 3.03. The van der Waals surface area contributed by atoms with Gasteiger partial charge in [0.2, 0.25) is 0 Å². The van der Waals surface area contributed by atoms with Gasteiger partial charge in [0, 0.05) is 17.4 Å². The first-order chi connectivity index (χ1) is 5.83. The Balaban J connectivity index is 2.47. The van der Waals surface area contributed by atoms with E-state index in [9.17, 15) is 0 Å². The molecule has 0 aromatic heterocycles. The van der Waals surface area contributed by atoms with E-state index in [1.54, 1.807) is 0 Å². The molecule has 1 aliphatic rings. The molecule has 1 heterocycles. The molecule has 72 valence electrons. The number of hydrogen-bond acceptors (Lipinski definition) is 1. The summed E-state index contributed by atoms with van der Waals surface area (Å²) in [6.45, 7) is 5.93. The van der Waals surface area contributed by atoms with Gasteiger partial charge in [0.1, 0.15) is 0 Å². The zero-order valence-corrected chi connectivity index (χ0v) is 9.81. The van der Waals surface area contributed by atoms with Crippen LogP contribution in [-0.4, -0.2) is 28.9 Å². The maximum Gasteiger partial charge on any atom is 0.0196 e. The van der Waals surface area contributed by atoms with Crippen LogP contribution in [0.15, 0.2) is 0 Å². The van der Waals surface area contributed by atoms with Crippen molar-refractivity contribution >= 4 is 15.9 Å². The van der Waals surface area contributed by atoms with Gasteiger partial charge in [0.05, 0.1) is 0 Å². The lowest BCUT2D eigenvalue weighted by atomic mass is 10.1. The molecule has 1 aliphatic heterocycles. The first kappa shape index (κ1) is 10.5. The Morgan fingerprint density at radius 3 is 2.58 bits per heavy atom. The highest BCUT2D eigenvalue weighted by Gasteiger charge is 2.27. The SMILES string of the molecule is CCC(CC)N1CCCC1CBr. The number of nitrogens with zero attached hydrogens (tertiary/aromatic N) is 1. The van der Waals surface area contributed by atoms with Crippen molar-refractivity contribution in [2.75, 3.05) is 11.9 Å². The lowest BCUT2D eigenvalue weighted by Crippen LogP contribution is -2.39. The summed E-state index contributed by atoms with van der Waals surface area (Å²) in [4.78, 5) is 2.69. The Morgan fingerprint density at radius 1 is 1.42 bits per heavy atom. The second-order valence-corrected chi connectivity index (χ2v) is 4.31. The first-order valence-corrected chi connectivity index (χ1v) is 6.27. The fourth-order valence-corrected chi connectivity index (χ4v) is 2.96. The molecule has 0 radical (unpaired) electrons. The lowest BCUT2D eigenvalue weighted by molar-refractivity contribution is 0.183. The molecule has 0 saturated carbocycles. The zero-order chi connectivity index (χ0) is 8.97. The summed E-state index contributed by atoms with van der Waals surface area (Å²) in [6, 6.07) is 1.64. The fraction of sp³-hybridized carbons (Fsp3) is 1.00. The molecule has 1 saturated heterocycles. The van der Waals surface area contributed by atoms with E-state index < -0.39 is 0 Å². The molecule has 1 atom stereocenters. The smallest absolute Gasteiger partial charge is 0.0196 e. The Bertz CT molecular complexity index is 123. The highest BCUT2D eigenvalue weighted by Crippen LogP contribution is 2.24. The molecule has 0 aliphatic carbocycles. The molecule has 12 heavy (non-hydrogen) atoms. The summed E-state index contributed by atoms with van der Waals surface area (Å²) in [5.41, 5.74) is 0. The van der Waals surface area contributed by atoms with Crippen LogP contribution in [0.3, 0.4) is 0 Å². The van der Waals surface area contributed by atoms with Crippen LogP contribution < -0.4 is 0 Å². The van der Waals surface area contributed by atoms with Crippen LogP contribution in [-0.2, 0) is 0 Å². The second kappa shape index (κ2) is 5.23. The highest BCUT2D eigenvalue weighted by molar-refractivity contribution is 9.09. The van der Waals surface area contributed by atoms with Crippen molar-refractivity contribution in [3.8, 4) is 0 Å². The first-order valence-electron chi connectivity index (χ1n) is 5.15. The van der Waals surface area contributed by atoms with Crippen molar-refractivity contribution in [3.05, 3.63) is 0 Å². The minimum atomic E-state index is 0.815. The van der Waals surface area contributed by atoms with Gasteiger partial charge in [-0.15, -0.1) is 0 Å². The summed E-state index contributed by atoms with van der Waals surface area (Å²) in [5, 5.41) is 1.16. The average Bonchev–Trinajstić information content (AvgIpc) is 2.55. The van der Waals surface area contributed by atoms with Crippen molar-refractivity contribution in [2.45, 2.75) is 51.6 Å². The van der Waals surface area contributed by atoms with Gasteiger partial charge in [0.25, 0.3) is 0 Å². The van der Waals surface area contributed by atoms with Crippen molar-refractivity contribution in [2.24, 2.45) is 0 Å². The number of alkyl halides is 1. The van der Waals surface area contributed by atoms with Crippen molar-refractivity contribution in [3.63, 3.8) is 0 Å². The molecule has 0 spiro atoms. The van der Waals surface area contributed by atoms with Crippen LogP contribution in [0, 0.1) is 0 Å². The Labute approximate surface area is 84.6 Å². The number of rotatable bonds is 4. The van der Waals surface area contributed by atoms with E-state index in [4.69, 9.17) is 0 Å². The van der Waals surface area contributed by atoms with E-state index in [0.717, 1.165) is 17.4 Å². The number of halogens is 1. The van der Waals surface area contributed by atoms with E-state index in [0.29, 0.717) is 0 Å². The van der Waals surface area contributed by atoms with Crippen molar-refractivity contribution in [1.29, 1.82) is 0 Å². The summed E-state index contributed by atoms with van der Waals surface area (Å²) in [7, 11) is 0. The van der Waals surface area contributed by atoms with Gasteiger partial charge in [-0.2, -0.15) is 0 Å². The van der Waals surface area contributed by atoms with Gasteiger partial charge in [-0.25, -0.2) is 0 Å². The summed E-state index contributed by atoms with van der Waals surface area (Å²) in [5.74, 6) is 0. The van der Waals surface area contributed by atoms with Crippen LogP contribution in [0.5, 0.6) is 0 Å². The molecular formula is C10H20BrN. The Morgan fingerprint density at radius 2 is 2.08 bits per heavy atom. The van der Waals surface area contributed by atoms with E-state index in [-0.39, 0.29) is 0 Å². The largest absolute Gasteiger partial charge is 0.297 e. The highest BCUT2D eigenvalue weighted by atomic mass is 79.9. The number of likely N-dealkylation sites (tertiary alicyclic amines) is 1. The van der Waals surface area contributed by atoms with Gasteiger partial charge >= 0.3 is 0 Å². The van der Waals surface area contributed by atoms with Gasteiger partial charge < -0.3 is 0 Å². The normalized spacial score (nSPS) is 25.5. The molecule has 0 aromatic carbocycles. The van der Waals surface area contributed by atoms with Gasteiger partial charge in [-0.05, 0) is 32.2 Å². The standard InChI is InChI=1S/C10H20BrN/c1-3-9(4-2)12-7-5-6-10(12)8-11/h9-10H,3-8H2,1-2H3. The third-order valence-electron chi connectivity index (χ3n) is 3.01. The Hall–Kier alpha value is 0.440. The van der Waals surface area contributed by atoms with E-state index in [1.807, 2.05) is 0 Å². The second-order valence-electron chi connectivity index (χ2n) is 3.66. The maximum atomic E-state index is 3.60. The van der Waals surface area contributed by atoms with E-state index in [1.165, 1.54) is 32.2 Å². The van der Waals surface area contributed by atoms with Gasteiger partial charge in [-0.3, -0.25) is 4.90 Å². The third kappa shape index (κ3) is 2.23. The molecule has 1 unspecified atom stereocenters. The predicted molar refractivity (Wildman–Crippen MR) is 57.9 cm³/mol. The molecule has 0 aromatic rings. The van der Waals surface area contributed by atoms with Crippen molar-refractivity contribution < 1.29 is 0 Å². The average molecular weight is 234 g/mol. The number of hydrogen-bond donors (Lipinski definition) is 0. The van der Waals surface area contributed by atoms with Crippen LogP contribution in [0.1, 0.15) is 39.5 Å². The third-order valence-corrected chi connectivity index (χ3v) is 3.76. The fourth-order valence-electron chi connectivity index (χ4n) is 2.26. The minimum absolute atomic E-state index is 0.815. The molecule has 0 N–H and O–H groups in total. The quantitative estimate of drug-likeness (QED) is 0.676. The zero-order valence-electron chi connectivity index (χ0n) is 8.22. The summed E-state index contributed by atoms with van der Waals surface area (Å²) < 4.78 is 0. The van der Waals surface area contributed by atoms with E-state index in [2.05, 4.69) is 34.7 Å². The van der Waals surface area contributed by atoms with Crippen LogP contribution in [0.2, 0.25) is 0 Å². The minimum Gasteiger partial charge on any atom is -0.297 e.